The van der Waals surface area contributed by atoms with Crippen molar-refractivity contribution in [3.05, 3.63) is 317 Å². The Bertz CT molecular complexity index is 4460. The summed E-state index contributed by atoms with van der Waals surface area (Å²) in [7, 11) is 0. The van der Waals surface area contributed by atoms with E-state index in [1.165, 1.54) is 11.1 Å². The molecule has 0 unspecified atom stereocenters. The van der Waals surface area contributed by atoms with Gasteiger partial charge < -0.3 is 0 Å². The molecule has 0 aliphatic heterocycles. The average Bonchev–Trinajstić information content (AvgIpc) is 3.21. The Hall–Kier alpha value is -11.3. The van der Waals surface area contributed by atoms with Gasteiger partial charge in [-0.25, -0.2) is 0 Å². The van der Waals surface area contributed by atoms with E-state index in [2.05, 4.69) is 243 Å². The van der Waals surface area contributed by atoms with Crippen molar-refractivity contribution in [3.63, 3.8) is 0 Å². The molecular formula is C78H52N6. The Labute approximate surface area is 488 Å². The minimum atomic E-state index is 0.860. The highest BCUT2D eigenvalue weighted by Gasteiger charge is 2.17. The zero-order valence-corrected chi connectivity index (χ0v) is 45.7. The van der Waals surface area contributed by atoms with Gasteiger partial charge in [0, 0.05) is 107 Å². The van der Waals surface area contributed by atoms with Crippen molar-refractivity contribution in [1.29, 1.82) is 0 Å². The highest BCUT2D eigenvalue weighted by atomic mass is 14.7. The van der Waals surface area contributed by atoms with Gasteiger partial charge in [0.2, 0.25) is 0 Å². The van der Waals surface area contributed by atoms with Gasteiger partial charge in [-0.05, 0) is 215 Å². The van der Waals surface area contributed by atoms with Crippen molar-refractivity contribution in [3.8, 4) is 145 Å². The molecular weight excluding hydrogens is 1020 g/mol. The lowest BCUT2D eigenvalue weighted by Gasteiger charge is -2.16. The van der Waals surface area contributed by atoms with E-state index in [9.17, 15) is 0 Å². The van der Waals surface area contributed by atoms with Gasteiger partial charge in [-0.3, -0.25) is 29.9 Å². The van der Waals surface area contributed by atoms with E-state index in [4.69, 9.17) is 4.98 Å². The van der Waals surface area contributed by atoms with E-state index in [1.54, 1.807) is 0 Å². The summed E-state index contributed by atoms with van der Waals surface area (Å²) in [6.07, 6.45) is 20.7. The highest BCUT2D eigenvalue weighted by Crippen LogP contribution is 2.42. The van der Waals surface area contributed by atoms with Crippen molar-refractivity contribution in [1.82, 2.24) is 29.9 Å². The molecule has 0 atom stereocenters. The van der Waals surface area contributed by atoms with Crippen molar-refractivity contribution in [2.24, 2.45) is 0 Å². The molecule has 0 spiro atoms. The molecule has 0 aliphatic carbocycles. The van der Waals surface area contributed by atoms with Crippen LogP contribution >= 0.6 is 0 Å². The van der Waals surface area contributed by atoms with Crippen LogP contribution in [0.5, 0.6) is 0 Å². The first-order chi connectivity index (χ1) is 41.6. The van der Waals surface area contributed by atoms with Crippen LogP contribution in [-0.4, -0.2) is 29.9 Å². The molecule has 6 aromatic heterocycles. The Morgan fingerprint density at radius 2 is 0.429 bits per heavy atom. The van der Waals surface area contributed by atoms with Crippen LogP contribution in [-0.2, 0) is 0 Å². The van der Waals surface area contributed by atoms with Crippen LogP contribution in [0.4, 0.5) is 0 Å². The third kappa shape index (κ3) is 10.9. The molecule has 6 heterocycles. The lowest BCUT2D eigenvalue weighted by atomic mass is 9.89. The Balaban J connectivity index is 0.845. The zero-order chi connectivity index (χ0) is 56.0. The fourth-order valence-electron chi connectivity index (χ4n) is 11.2. The van der Waals surface area contributed by atoms with Gasteiger partial charge in [-0.1, -0.05) is 133 Å². The molecule has 14 aromatic rings. The summed E-state index contributed by atoms with van der Waals surface area (Å²) >= 11 is 0. The van der Waals surface area contributed by atoms with Gasteiger partial charge in [-0.15, -0.1) is 0 Å². The molecule has 0 saturated carbocycles. The Morgan fingerprint density at radius 1 is 0.155 bits per heavy atom. The fourth-order valence-corrected chi connectivity index (χ4v) is 11.2. The van der Waals surface area contributed by atoms with E-state index in [0.29, 0.717) is 0 Å². The first-order valence-electron chi connectivity index (χ1n) is 28.0. The number of pyridine rings is 6. The summed E-state index contributed by atoms with van der Waals surface area (Å²) < 4.78 is 0. The van der Waals surface area contributed by atoms with Crippen molar-refractivity contribution in [2.45, 2.75) is 0 Å². The molecule has 0 fully saturated rings. The van der Waals surface area contributed by atoms with Gasteiger partial charge in [0.05, 0.1) is 5.69 Å². The van der Waals surface area contributed by atoms with Crippen LogP contribution in [0.1, 0.15) is 0 Å². The number of hydrogen-bond acceptors (Lipinski definition) is 6. The monoisotopic (exact) mass is 1070 g/mol. The molecule has 0 N–H and O–H groups in total. The fraction of sp³-hybridized carbons (Fsp3) is 0. The minimum absolute atomic E-state index is 0.860. The second-order valence-corrected chi connectivity index (χ2v) is 20.9. The SMILES string of the molecule is c1ccc(-c2cccc(-c3cc(-c4cccc(-c5cccnc5)c4)cc(-c4ccc(-c5ccc(-c6cc(-c7cccnc7)cc(-c7cccc(-c8cc(-c9cccnc9)cc(-c9cccnc9)c8)c7)c6)cn5)c(-c5cccnc5)c4)c3)c2)cc1. The number of nitrogens with zero attached hydrogens (tertiary/aromatic N) is 6. The number of rotatable bonds is 13. The normalized spacial score (nSPS) is 11.1. The van der Waals surface area contributed by atoms with E-state index >= 15 is 0 Å². The van der Waals surface area contributed by atoms with Crippen molar-refractivity contribution in [2.75, 3.05) is 0 Å². The van der Waals surface area contributed by atoms with Gasteiger partial charge in [0.1, 0.15) is 0 Å². The predicted molar refractivity (Wildman–Crippen MR) is 344 cm³/mol. The van der Waals surface area contributed by atoms with Crippen molar-refractivity contribution >= 4 is 0 Å². The molecule has 8 aromatic carbocycles. The topological polar surface area (TPSA) is 77.3 Å². The maximum Gasteiger partial charge on any atom is 0.0708 e. The van der Waals surface area contributed by atoms with Crippen LogP contribution in [0.25, 0.3) is 145 Å². The molecule has 6 heteroatoms. The Morgan fingerprint density at radius 3 is 0.786 bits per heavy atom. The lowest BCUT2D eigenvalue weighted by molar-refractivity contribution is 1.31. The quantitative estimate of drug-likeness (QED) is 0.114. The predicted octanol–water partition coefficient (Wildman–Crippen LogP) is 19.7. The van der Waals surface area contributed by atoms with E-state index < -0.39 is 0 Å². The van der Waals surface area contributed by atoms with Crippen LogP contribution in [0.2, 0.25) is 0 Å². The van der Waals surface area contributed by atoms with Crippen LogP contribution in [0.15, 0.2) is 317 Å². The average molecular weight is 1070 g/mol. The van der Waals surface area contributed by atoms with E-state index in [1.807, 2.05) is 98.5 Å². The summed E-state index contributed by atoms with van der Waals surface area (Å²) in [4.78, 5) is 27.7. The van der Waals surface area contributed by atoms with Gasteiger partial charge in [-0.2, -0.15) is 0 Å². The summed E-state index contributed by atoms with van der Waals surface area (Å²) in [6.45, 7) is 0. The standard InChI is InChI=1S/C78H52N6/c1-2-12-53(13-3-1)54-14-4-16-56(34-54)67-37-68(57-17-5-15-55(35-57)61-20-7-29-79-47-61)39-71(38-67)60-25-27-76(77(46-60)66-24-11-33-83-51-66)78-28-26-65(52-84-78)75-43-70(42-74(45-75)64-23-10-32-82-50-64)59-19-6-18-58(36-59)69-40-72(62-21-8-30-80-48-62)44-73(41-69)63-22-9-31-81-49-63/h1-52H. The molecule has 0 aliphatic rings. The molecule has 0 saturated heterocycles. The molecule has 84 heavy (non-hydrogen) atoms. The second kappa shape index (κ2) is 23.0. The summed E-state index contributed by atoms with van der Waals surface area (Å²) in [5.74, 6) is 0. The van der Waals surface area contributed by atoms with Crippen LogP contribution in [0, 0.1) is 0 Å². The number of aromatic nitrogens is 6. The van der Waals surface area contributed by atoms with Gasteiger partial charge in [0.25, 0.3) is 0 Å². The third-order valence-corrected chi connectivity index (χ3v) is 15.5. The van der Waals surface area contributed by atoms with Crippen molar-refractivity contribution < 1.29 is 0 Å². The smallest absolute Gasteiger partial charge is 0.0708 e. The molecule has 394 valence electrons. The first-order valence-corrected chi connectivity index (χ1v) is 28.0. The maximum absolute atomic E-state index is 5.27. The minimum Gasteiger partial charge on any atom is -0.264 e. The second-order valence-electron chi connectivity index (χ2n) is 20.9. The number of benzene rings is 8. The third-order valence-electron chi connectivity index (χ3n) is 15.5. The lowest BCUT2D eigenvalue weighted by Crippen LogP contribution is -1.93. The molecule has 0 bridgehead atoms. The Kier molecular flexibility index (Phi) is 13.9. The van der Waals surface area contributed by atoms with E-state index in [0.717, 1.165) is 134 Å². The van der Waals surface area contributed by atoms with Gasteiger partial charge in [0.15, 0.2) is 0 Å². The molecule has 0 radical (unpaired) electrons. The summed E-state index contributed by atoms with van der Waals surface area (Å²) in [5.41, 5.74) is 27.9. The molecule has 14 rings (SSSR count). The largest absolute Gasteiger partial charge is 0.264 e. The highest BCUT2D eigenvalue weighted by molar-refractivity contribution is 5.91. The summed E-state index contributed by atoms with van der Waals surface area (Å²) in [5, 5.41) is 0. The first kappa shape index (κ1) is 50.9. The van der Waals surface area contributed by atoms with E-state index in [-0.39, 0.29) is 0 Å². The van der Waals surface area contributed by atoms with Crippen LogP contribution < -0.4 is 0 Å². The number of hydrogen-bond donors (Lipinski definition) is 0. The zero-order valence-electron chi connectivity index (χ0n) is 45.7. The van der Waals surface area contributed by atoms with Crippen LogP contribution in [0.3, 0.4) is 0 Å². The van der Waals surface area contributed by atoms with Gasteiger partial charge >= 0.3 is 0 Å². The maximum atomic E-state index is 5.27. The molecule has 6 nitrogen and oxygen atoms in total. The molecule has 0 amide bonds. The summed E-state index contributed by atoms with van der Waals surface area (Å²) in [6, 6.07) is 89.0.